The summed E-state index contributed by atoms with van der Waals surface area (Å²) < 4.78 is 5.37. The van der Waals surface area contributed by atoms with Crippen LogP contribution in [0.1, 0.15) is 33.3 Å². The van der Waals surface area contributed by atoms with E-state index in [1.807, 2.05) is 45.9 Å². The number of hydrogen-bond acceptors (Lipinski definition) is 4. The summed E-state index contributed by atoms with van der Waals surface area (Å²) in [5.41, 5.74) is 0.0255. The molecule has 0 bridgehead atoms. The first-order valence-electron chi connectivity index (χ1n) is 7.98. The van der Waals surface area contributed by atoms with Crippen LogP contribution in [0.2, 0.25) is 0 Å². The summed E-state index contributed by atoms with van der Waals surface area (Å²) in [5.74, 6) is 0. The predicted octanol–water partition coefficient (Wildman–Crippen LogP) is 3.02. The second kappa shape index (κ2) is 6.59. The summed E-state index contributed by atoms with van der Waals surface area (Å²) in [6.45, 7) is 9.80. The lowest BCUT2D eigenvalue weighted by Crippen LogP contribution is -2.70. The average molecular weight is 315 g/mol. The van der Waals surface area contributed by atoms with Gasteiger partial charge in [-0.3, -0.25) is 4.90 Å². The molecule has 1 aromatic carbocycles. The van der Waals surface area contributed by atoms with Gasteiger partial charge in [0.05, 0.1) is 19.2 Å². The van der Waals surface area contributed by atoms with Gasteiger partial charge < -0.3 is 9.64 Å². The number of carbonyl (C=O) groups excluding carboxylic acids is 1. The molecule has 1 aromatic rings. The van der Waals surface area contributed by atoms with Crippen molar-refractivity contribution >= 4 is 6.09 Å². The Balaban J connectivity index is 2.02. The Hall–Kier alpha value is -2.06. The van der Waals surface area contributed by atoms with Gasteiger partial charge in [0.1, 0.15) is 11.1 Å². The van der Waals surface area contributed by atoms with Gasteiger partial charge in [-0.05, 0) is 32.9 Å². The molecule has 1 amide bonds. The molecule has 5 nitrogen and oxygen atoms in total. The van der Waals surface area contributed by atoms with E-state index in [0.717, 1.165) is 6.54 Å². The number of benzene rings is 1. The summed E-state index contributed by atoms with van der Waals surface area (Å²) in [6, 6.07) is 12.5. The molecule has 0 aromatic heterocycles. The molecular formula is C18H25N3O2. The van der Waals surface area contributed by atoms with Gasteiger partial charge in [-0.15, -0.1) is 0 Å². The molecule has 1 saturated heterocycles. The molecule has 1 aliphatic heterocycles. The minimum absolute atomic E-state index is 0.348. The molecule has 1 heterocycles. The molecule has 0 spiro atoms. The number of hydrogen-bond donors (Lipinski definition) is 0. The molecule has 0 aliphatic carbocycles. The summed E-state index contributed by atoms with van der Waals surface area (Å²) in [5, 5.41) is 9.68. The monoisotopic (exact) mass is 315 g/mol. The Morgan fingerprint density at radius 1 is 1.35 bits per heavy atom. The van der Waals surface area contributed by atoms with Crippen LogP contribution in [0, 0.1) is 11.3 Å². The normalized spacial score (nSPS) is 16.6. The number of carbonyl (C=O) groups is 1. The van der Waals surface area contributed by atoms with Gasteiger partial charge >= 0.3 is 6.09 Å². The van der Waals surface area contributed by atoms with Crippen molar-refractivity contribution in [2.24, 2.45) is 0 Å². The Bertz CT molecular complexity index is 581. The van der Waals surface area contributed by atoms with Crippen LogP contribution < -0.4 is 0 Å². The fourth-order valence-electron chi connectivity index (χ4n) is 2.75. The van der Waals surface area contributed by atoms with Crippen LogP contribution in [0.15, 0.2) is 30.3 Å². The summed E-state index contributed by atoms with van der Waals surface area (Å²) in [4.78, 5) is 15.8. The Morgan fingerprint density at radius 2 is 1.96 bits per heavy atom. The van der Waals surface area contributed by atoms with Crippen LogP contribution >= 0.6 is 0 Å². The van der Waals surface area contributed by atoms with Gasteiger partial charge in [0.15, 0.2) is 0 Å². The van der Waals surface area contributed by atoms with E-state index in [2.05, 4.69) is 23.1 Å². The van der Waals surface area contributed by atoms with E-state index in [1.165, 1.54) is 5.56 Å². The number of likely N-dealkylation sites (N-methyl/N-ethyl adjacent to an activating group) is 1. The van der Waals surface area contributed by atoms with E-state index in [0.29, 0.717) is 19.6 Å². The fourth-order valence-corrected chi connectivity index (χ4v) is 2.75. The number of amides is 1. The molecule has 2 rings (SSSR count). The first-order valence-corrected chi connectivity index (χ1v) is 7.98. The van der Waals surface area contributed by atoms with Gasteiger partial charge in [0.2, 0.25) is 0 Å². The van der Waals surface area contributed by atoms with E-state index < -0.39 is 11.1 Å². The summed E-state index contributed by atoms with van der Waals surface area (Å²) >= 11 is 0. The maximum atomic E-state index is 12.1. The molecule has 23 heavy (non-hydrogen) atoms. The Morgan fingerprint density at radius 3 is 2.43 bits per heavy atom. The van der Waals surface area contributed by atoms with Crippen molar-refractivity contribution in [1.29, 1.82) is 5.26 Å². The predicted molar refractivity (Wildman–Crippen MR) is 88.7 cm³/mol. The first-order chi connectivity index (χ1) is 10.8. The third-order valence-corrected chi connectivity index (χ3v) is 3.97. The van der Waals surface area contributed by atoms with Crippen molar-refractivity contribution in [3.8, 4) is 6.07 Å². The highest BCUT2D eigenvalue weighted by atomic mass is 16.6. The highest BCUT2D eigenvalue weighted by Crippen LogP contribution is 2.30. The lowest BCUT2D eigenvalue weighted by Gasteiger charge is -2.51. The van der Waals surface area contributed by atoms with Crippen molar-refractivity contribution < 1.29 is 9.53 Å². The molecule has 1 fully saturated rings. The van der Waals surface area contributed by atoms with Crippen molar-refractivity contribution in [2.75, 3.05) is 19.6 Å². The number of ether oxygens (including phenoxy) is 1. The van der Waals surface area contributed by atoms with E-state index in [-0.39, 0.29) is 6.09 Å². The zero-order chi connectivity index (χ0) is 17.1. The quantitative estimate of drug-likeness (QED) is 0.857. The third-order valence-electron chi connectivity index (χ3n) is 3.97. The van der Waals surface area contributed by atoms with Crippen molar-refractivity contribution in [3.05, 3.63) is 35.9 Å². The average Bonchev–Trinajstić information content (AvgIpc) is 2.44. The minimum Gasteiger partial charge on any atom is -0.444 e. The molecule has 1 aliphatic rings. The Kier molecular flexibility index (Phi) is 4.96. The molecule has 0 unspecified atom stereocenters. The number of nitrogens with zero attached hydrogens (tertiary/aromatic N) is 3. The molecular weight excluding hydrogens is 290 g/mol. The van der Waals surface area contributed by atoms with Crippen molar-refractivity contribution in [2.45, 2.75) is 45.4 Å². The van der Waals surface area contributed by atoms with Crippen LogP contribution in [-0.2, 0) is 11.3 Å². The second-order valence-electron chi connectivity index (χ2n) is 6.98. The van der Waals surface area contributed by atoms with Crippen LogP contribution in [-0.4, -0.2) is 46.7 Å². The highest BCUT2D eigenvalue weighted by molar-refractivity contribution is 5.70. The maximum absolute atomic E-state index is 12.1. The van der Waals surface area contributed by atoms with Gasteiger partial charge in [0.25, 0.3) is 0 Å². The van der Waals surface area contributed by atoms with Crippen molar-refractivity contribution in [1.82, 2.24) is 9.80 Å². The van der Waals surface area contributed by atoms with Gasteiger partial charge in [-0.25, -0.2) is 4.79 Å². The lowest BCUT2D eigenvalue weighted by molar-refractivity contribution is -0.0409. The van der Waals surface area contributed by atoms with Gasteiger partial charge in [0, 0.05) is 6.54 Å². The lowest BCUT2D eigenvalue weighted by atomic mass is 9.89. The topological polar surface area (TPSA) is 56.6 Å². The largest absolute Gasteiger partial charge is 0.444 e. The zero-order valence-corrected chi connectivity index (χ0v) is 14.4. The molecule has 5 heteroatoms. The SMILES string of the molecule is CCN(Cc1ccccc1)C1(C#N)CN(C(=O)OC(C)(C)C)C1. The van der Waals surface area contributed by atoms with Gasteiger partial charge in [-0.2, -0.15) is 5.26 Å². The van der Waals surface area contributed by atoms with Crippen LogP contribution in [0.3, 0.4) is 0 Å². The second-order valence-corrected chi connectivity index (χ2v) is 6.98. The molecule has 0 N–H and O–H groups in total. The molecule has 124 valence electrons. The smallest absolute Gasteiger partial charge is 0.410 e. The number of likely N-dealkylation sites (tertiary alicyclic amines) is 1. The van der Waals surface area contributed by atoms with Crippen molar-refractivity contribution in [3.63, 3.8) is 0 Å². The van der Waals surface area contributed by atoms with Gasteiger partial charge in [-0.1, -0.05) is 37.3 Å². The van der Waals surface area contributed by atoms with E-state index in [4.69, 9.17) is 4.74 Å². The minimum atomic E-state index is -0.624. The zero-order valence-electron chi connectivity index (χ0n) is 14.4. The van der Waals surface area contributed by atoms with Crippen LogP contribution in [0.5, 0.6) is 0 Å². The molecule has 0 radical (unpaired) electrons. The fraction of sp³-hybridized carbons (Fsp3) is 0.556. The third kappa shape index (κ3) is 4.02. The number of rotatable bonds is 4. The number of nitriles is 1. The van der Waals surface area contributed by atoms with E-state index in [1.54, 1.807) is 4.90 Å². The summed E-state index contributed by atoms with van der Waals surface area (Å²) in [6.07, 6.45) is -0.348. The van der Waals surface area contributed by atoms with E-state index >= 15 is 0 Å². The highest BCUT2D eigenvalue weighted by Gasteiger charge is 2.50. The Labute approximate surface area is 138 Å². The standard InChI is InChI=1S/C18H25N3O2/c1-5-21(11-15-9-7-6-8-10-15)18(12-19)13-20(14-18)16(22)23-17(2,3)4/h6-10H,5,11,13-14H2,1-4H3. The first kappa shape index (κ1) is 17.3. The molecule has 0 saturated carbocycles. The molecule has 0 atom stereocenters. The van der Waals surface area contributed by atoms with Crippen LogP contribution in [0.4, 0.5) is 4.79 Å². The van der Waals surface area contributed by atoms with E-state index in [9.17, 15) is 10.1 Å². The maximum Gasteiger partial charge on any atom is 0.410 e. The van der Waals surface area contributed by atoms with Crippen LogP contribution in [0.25, 0.3) is 0 Å². The summed E-state index contributed by atoms with van der Waals surface area (Å²) in [7, 11) is 0.